The Morgan fingerprint density at radius 3 is 2.78 bits per heavy atom. The minimum absolute atomic E-state index is 0.00301. The molecule has 1 N–H and O–H groups in total. The lowest BCUT2D eigenvalue weighted by Gasteiger charge is -2.24. The number of methoxy groups -OCH3 is 1. The first-order valence-corrected chi connectivity index (χ1v) is 10.3. The van der Waals surface area contributed by atoms with Gasteiger partial charge in [0.05, 0.1) is 13.7 Å². The Morgan fingerprint density at radius 2 is 2.04 bits per heavy atom. The van der Waals surface area contributed by atoms with Crippen LogP contribution in [0.15, 0.2) is 48.5 Å². The molecule has 0 bridgehead atoms. The number of ether oxygens (including phenoxy) is 2. The number of rotatable bonds is 7. The third-order valence-electron chi connectivity index (χ3n) is 4.40. The Kier molecular flexibility index (Phi) is 6.87. The maximum absolute atomic E-state index is 12.8. The number of amides is 2. The summed E-state index contributed by atoms with van der Waals surface area (Å²) < 4.78 is 11.0. The number of thioether (sulfide) groups is 1. The van der Waals surface area contributed by atoms with Crippen LogP contribution in [0.5, 0.6) is 11.5 Å². The summed E-state index contributed by atoms with van der Waals surface area (Å²) in [6, 6.07) is 15.4. The van der Waals surface area contributed by atoms with E-state index in [2.05, 4.69) is 12.2 Å². The average Bonchev–Trinajstić information content (AvgIpc) is 3.20. The standard InChI is InChI=1S/C21H26N2O3S/c1-3-4-13-26-18-10-8-17(9-11-18)22-21(24)23-12-14-27-20(23)16-6-5-7-19(15-16)25-2/h5-11,15,20H,3-4,12-14H2,1-2H3,(H,22,24)/t20-/m0/s1. The van der Waals surface area contributed by atoms with Gasteiger partial charge in [0.15, 0.2) is 0 Å². The van der Waals surface area contributed by atoms with Crippen LogP contribution in [0.1, 0.15) is 30.7 Å². The normalized spacial score (nSPS) is 16.2. The molecule has 0 radical (unpaired) electrons. The Morgan fingerprint density at radius 1 is 1.22 bits per heavy atom. The molecule has 0 unspecified atom stereocenters. The minimum Gasteiger partial charge on any atom is -0.497 e. The van der Waals surface area contributed by atoms with E-state index in [4.69, 9.17) is 9.47 Å². The lowest BCUT2D eigenvalue weighted by Crippen LogP contribution is -2.34. The molecule has 3 rings (SSSR count). The van der Waals surface area contributed by atoms with Gasteiger partial charge < -0.3 is 19.7 Å². The fourth-order valence-electron chi connectivity index (χ4n) is 2.91. The summed E-state index contributed by atoms with van der Waals surface area (Å²) in [6.07, 6.45) is 2.15. The molecule has 1 heterocycles. The maximum atomic E-state index is 12.8. The van der Waals surface area contributed by atoms with E-state index in [1.54, 1.807) is 18.9 Å². The molecule has 0 spiro atoms. The van der Waals surface area contributed by atoms with Crippen molar-refractivity contribution in [1.29, 1.82) is 0 Å². The molecule has 5 nitrogen and oxygen atoms in total. The third-order valence-corrected chi connectivity index (χ3v) is 5.66. The van der Waals surface area contributed by atoms with Gasteiger partial charge in [0.1, 0.15) is 16.9 Å². The van der Waals surface area contributed by atoms with E-state index in [1.807, 2.05) is 53.4 Å². The quantitative estimate of drug-likeness (QED) is 0.668. The van der Waals surface area contributed by atoms with Gasteiger partial charge in [0.2, 0.25) is 0 Å². The first kappa shape index (κ1) is 19.4. The number of hydrogen-bond acceptors (Lipinski definition) is 4. The number of anilines is 1. The predicted octanol–water partition coefficient (Wildman–Crippen LogP) is 5.15. The summed E-state index contributed by atoms with van der Waals surface area (Å²) in [6.45, 7) is 3.57. The minimum atomic E-state index is -0.0903. The van der Waals surface area contributed by atoms with Crippen LogP contribution in [0.2, 0.25) is 0 Å². The second-order valence-electron chi connectivity index (χ2n) is 6.35. The fourth-order valence-corrected chi connectivity index (χ4v) is 4.16. The molecule has 0 saturated carbocycles. The Balaban J connectivity index is 1.62. The number of carbonyl (C=O) groups excluding carboxylic acids is 1. The highest BCUT2D eigenvalue weighted by Crippen LogP contribution is 2.39. The maximum Gasteiger partial charge on any atom is 0.323 e. The number of hydrogen-bond donors (Lipinski definition) is 1. The highest BCUT2D eigenvalue weighted by molar-refractivity contribution is 7.99. The molecular weight excluding hydrogens is 360 g/mol. The van der Waals surface area contributed by atoms with Crippen molar-refractivity contribution in [3.05, 3.63) is 54.1 Å². The first-order valence-electron chi connectivity index (χ1n) is 9.27. The van der Waals surface area contributed by atoms with Gasteiger partial charge in [-0.25, -0.2) is 4.79 Å². The molecule has 1 aliphatic heterocycles. The number of benzene rings is 2. The molecule has 27 heavy (non-hydrogen) atoms. The molecule has 1 fully saturated rings. The van der Waals surface area contributed by atoms with E-state index < -0.39 is 0 Å². The highest BCUT2D eigenvalue weighted by Gasteiger charge is 2.31. The van der Waals surface area contributed by atoms with Gasteiger partial charge in [-0.15, -0.1) is 11.8 Å². The third kappa shape index (κ3) is 5.10. The average molecular weight is 387 g/mol. The van der Waals surface area contributed by atoms with Crippen LogP contribution >= 0.6 is 11.8 Å². The first-order chi connectivity index (χ1) is 13.2. The van der Waals surface area contributed by atoms with Gasteiger partial charge in [-0.3, -0.25) is 0 Å². The van der Waals surface area contributed by atoms with Crippen molar-refractivity contribution in [3.8, 4) is 11.5 Å². The van der Waals surface area contributed by atoms with Crippen LogP contribution in [-0.4, -0.2) is 36.9 Å². The van der Waals surface area contributed by atoms with Crippen LogP contribution in [0.4, 0.5) is 10.5 Å². The zero-order valence-electron chi connectivity index (χ0n) is 15.8. The smallest absolute Gasteiger partial charge is 0.323 e. The zero-order chi connectivity index (χ0) is 19.1. The predicted molar refractivity (Wildman–Crippen MR) is 111 cm³/mol. The van der Waals surface area contributed by atoms with E-state index in [-0.39, 0.29) is 11.4 Å². The van der Waals surface area contributed by atoms with Crippen LogP contribution in [-0.2, 0) is 0 Å². The van der Waals surface area contributed by atoms with E-state index in [1.165, 1.54) is 0 Å². The summed E-state index contributed by atoms with van der Waals surface area (Å²) >= 11 is 1.76. The molecule has 6 heteroatoms. The number of nitrogens with one attached hydrogen (secondary N) is 1. The molecule has 2 aromatic rings. The van der Waals surface area contributed by atoms with Crippen LogP contribution in [0.25, 0.3) is 0 Å². The summed E-state index contributed by atoms with van der Waals surface area (Å²) in [5, 5.41) is 2.99. The van der Waals surface area contributed by atoms with Crippen molar-refractivity contribution in [3.63, 3.8) is 0 Å². The molecule has 0 aromatic heterocycles. The zero-order valence-corrected chi connectivity index (χ0v) is 16.6. The molecule has 2 amide bonds. The van der Waals surface area contributed by atoms with Crippen molar-refractivity contribution < 1.29 is 14.3 Å². The van der Waals surface area contributed by atoms with E-state index in [0.717, 1.165) is 54.5 Å². The van der Waals surface area contributed by atoms with Crippen molar-refractivity contribution >= 4 is 23.5 Å². The van der Waals surface area contributed by atoms with Crippen LogP contribution in [0.3, 0.4) is 0 Å². The molecule has 0 aliphatic carbocycles. The molecule has 1 aliphatic rings. The second kappa shape index (κ2) is 9.55. The molecular formula is C21H26N2O3S. The fraction of sp³-hybridized carbons (Fsp3) is 0.381. The van der Waals surface area contributed by atoms with Crippen molar-refractivity contribution in [2.45, 2.75) is 25.1 Å². The van der Waals surface area contributed by atoms with Gasteiger partial charge in [-0.2, -0.15) is 0 Å². The highest BCUT2D eigenvalue weighted by atomic mass is 32.2. The van der Waals surface area contributed by atoms with E-state index in [9.17, 15) is 4.79 Å². The Hall–Kier alpha value is -2.34. The summed E-state index contributed by atoms with van der Waals surface area (Å²) in [4.78, 5) is 14.7. The molecule has 1 atom stereocenters. The van der Waals surface area contributed by atoms with E-state index >= 15 is 0 Å². The van der Waals surface area contributed by atoms with Gasteiger partial charge in [-0.05, 0) is 48.4 Å². The topological polar surface area (TPSA) is 50.8 Å². The van der Waals surface area contributed by atoms with Gasteiger partial charge in [-0.1, -0.05) is 25.5 Å². The lowest BCUT2D eigenvalue weighted by molar-refractivity contribution is 0.214. The lowest BCUT2D eigenvalue weighted by atomic mass is 10.2. The van der Waals surface area contributed by atoms with Crippen molar-refractivity contribution in [1.82, 2.24) is 4.90 Å². The Labute approximate surface area is 165 Å². The summed E-state index contributed by atoms with van der Waals surface area (Å²) in [5.41, 5.74) is 1.84. The second-order valence-corrected chi connectivity index (χ2v) is 7.54. The van der Waals surface area contributed by atoms with Crippen molar-refractivity contribution in [2.75, 3.05) is 31.3 Å². The molecule has 1 saturated heterocycles. The monoisotopic (exact) mass is 386 g/mol. The van der Waals surface area contributed by atoms with Crippen LogP contribution < -0.4 is 14.8 Å². The van der Waals surface area contributed by atoms with Gasteiger partial charge in [0, 0.05) is 18.0 Å². The van der Waals surface area contributed by atoms with Crippen LogP contribution in [0, 0.1) is 0 Å². The SMILES string of the molecule is CCCCOc1ccc(NC(=O)N2CCS[C@H]2c2cccc(OC)c2)cc1. The van der Waals surface area contributed by atoms with Crippen molar-refractivity contribution in [2.24, 2.45) is 0 Å². The number of urea groups is 1. The number of nitrogens with zero attached hydrogens (tertiary/aromatic N) is 1. The van der Waals surface area contributed by atoms with Gasteiger partial charge in [0.25, 0.3) is 0 Å². The number of unbranched alkanes of at least 4 members (excludes halogenated alkanes) is 1. The van der Waals surface area contributed by atoms with E-state index in [0.29, 0.717) is 0 Å². The largest absolute Gasteiger partial charge is 0.497 e. The summed E-state index contributed by atoms with van der Waals surface area (Å²) in [7, 11) is 1.65. The summed E-state index contributed by atoms with van der Waals surface area (Å²) in [5.74, 6) is 2.55. The Bertz CT molecular complexity index is 751. The molecule has 144 valence electrons. The number of carbonyl (C=O) groups is 1. The molecule has 2 aromatic carbocycles. The van der Waals surface area contributed by atoms with Gasteiger partial charge >= 0.3 is 6.03 Å².